The van der Waals surface area contributed by atoms with E-state index in [1.54, 1.807) is 4.68 Å². The Morgan fingerprint density at radius 1 is 1.33 bits per heavy atom. The minimum Gasteiger partial charge on any atom is -0.478 e. The van der Waals surface area contributed by atoms with Crippen molar-refractivity contribution >= 4 is 28.9 Å². The molecule has 7 heteroatoms. The van der Waals surface area contributed by atoms with Gasteiger partial charge in [-0.1, -0.05) is 23.7 Å². The Hall–Kier alpha value is -2.18. The van der Waals surface area contributed by atoms with E-state index in [0.717, 1.165) is 16.3 Å². The molecule has 5 nitrogen and oxygen atoms in total. The molecule has 0 bridgehead atoms. The van der Waals surface area contributed by atoms with E-state index in [1.165, 1.54) is 23.7 Å². The van der Waals surface area contributed by atoms with Crippen molar-refractivity contribution in [3.63, 3.8) is 0 Å². The van der Waals surface area contributed by atoms with Gasteiger partial charge in [0.25, 0.3) is 0 Å². The van der Waals surface area contributed by atoms with Gasteiger partial charge in [0.15, 0.2) is 0 Å². The molecule has 0 saturated heterocycles. The fourth-order valence-corrected chi connectivity index (χ4v) is 2.76. The number of aromatic nitrogens is 3. The molecule has 1 N–H and O–H groups in total. The predicted octanol–water partition coefficient (Wildman–Crippen LogP) is 3.41. The largest absolute Gasteiger partial charge is 0.478 e. The molecular weight excluding hydrogens is 310 g/mol. The van der Waals surface area contributed by atoms with Crippen molar-refractivity contribution in [2.24, 2.45) is 0 Å². The molecule has 0 atom stereocenters. The summed E-state index contributed by atoms with van der Waals surface area (Å²) >= 11 is 7.37. The van der Waals surface area contributed by atoms with E-state index in [4.69, 9.17) is 16.7 Å². The lowest BCUT2D eigenvalue weighted by Crippen LogP contribution is -2.00. The topological polar surface area (TPSA) is 68.0 Å². The Labute approximate surface area is 129 Å². The summed E-state index contributed by atoms with van der Waals surface area (Å²) in [6.45, 7) is 0.450. The van der Waals surface area contributed by atoms with Gasteiger partial charge in [-0.05, 0) is 12.1 Å². The number of nitrogens with zero attached hydrogens (tertiary/aromatic N) is 3. The zero-order valence-corrected chi connectivity index (χ0v) is 12.3. The Morgan fingerprint density at radius 3 is 2.76 bits per heavy atom. The monoisotopic (exact) mass is 319 g/mol. The molecule has 0 aliphatic heterocycles. The van der Waals surface area contributed by atoms with Crippen molar-refractivity contribution < 1.29 is 9.90 Å². The van der Waals surface area contributed by atoms with Crippen molar-refractivity contribution in [3.05, 3.63) is 57.6 Å². The number of carboxylic acids is 1. The van der Waals surface area contributed by atoms with Gasteiger partial charge in [-0.15, -0.1) is 11.3 Å². The molecule has 0 amide bonds. The first kappa shape index (κ1) is 13.8. The van der Waals surface area contributed by atoms with Crippen LogP contribution in [0.2, 0.25) is 5.02 Å². The van der Waals surface area contributed by atoms with Crippen LogP contribution >= 0.6 is 22.9 Å². The van der Waals surface area contributed by atoms with Gasteiger partial charge in [0.05, 0.1) is 24.0 Å². The van der Waals surface area contributed by atoms with Crippen molar-refractivity contribution in [2.45, 2.75) is 6.54 Å². The van der Waals surface area contributed by atoms with Crippen molar-refractivity contribution in [2.75, 3.05) is 0 Å². The van der Waals surface area contributed by atoms with Gasteiger partial charge in [0.1, 0.15) is 5.01 Å². The number of carbonyl (C=O) groups is 1. The number of aromatic carboxylic acids is 1. The molecular formula is C14H10ClN3O2S. The highest BCUT2D eigenvalue weighted by molar-refractivity contribution is 7.09. The molecule has 0 radical (unpaired) electrons. The van der Waals surface area contributed by atoms with Gasteiger partial charge in [0, 0.05) is 22.2 Å². The Morgan fingerprint density at radius 2 is 2.10 bits per heavy atom. The zero-order valence-electron chi connectivity index (χ0n) is 10.7. The minimum absolute atomic E-state index is 0.171. The highest BCUT2D eigenvalue weighted by Crippen LogP contribution is 2.23. The summed E-state index contributed by atoms with van der Waals surface area (Å²) in [5.41, 5.74) is 2.04. The smallest absolute Gasteiger partial charge is 0.338 e. The summed E-state index contributed by atoms with van der Waals surface area (Å²) in [5.74, 6) is -0.984. The minimum atomic E-state index is -0.984. The first-order chi connectivity index (χ1) is 10.1. The molecule has 3 aromatic rings. The third kappa shape index (κ3) is 3.12. The van der Waals surface area contributed by atoms with Crippen molar-refractivity contribution in [3.8, 4) is 11.3 Å². The summed E-state index contributed by atoms with van der Waals surface area (Å²) in [5, 5.41) is 16.4. The molecule has 0 fully saturated rings. The second-order valence-corrected chi connectivity index (χ2v) is 5.74. The Balaban J connectivity index is 1.78. The average Bonchev–Trinajstić information content (AvgIpc) is 3.10. The number of hydrogen-bond donors (Lipinski definition) is 1. The average molecular weight is 320 g/mol. The van der Waals surface area contributed by atoms with Crippen LogP contribution in [0.25, 0.3) is 11.3 Å². The van der Waals surface area contributed by atoms with Crippen LogP contribution in [0, 0.1) is 0 Å². The summed E-state index contributed by atoms with van der Waals surface area (Å²) in [7, 11) is 0. The summed E-state index contributed by atoms with van der Waals surface area (Å²) in [6, 6.07) is 7.47. The molecule has 0 saturated carbocycles. The van der Waals surface area contributed by atoms with E-state index in [9.17, 15) is 4.79 Å². The Kier molecular flexibility index (Phi) is 3.72. The maximum Gasteiger partial charge on any atom is 0.338 e. The van der Waals surface area contributed by atoms with E-state index in [0.29, 0.717) is 11.6 Å². The van der Waals surface area contributed by atoms with Gasteiger partial charge < -0.3 is 5.11 Å². The number of halogens is 1. The van der Waals surface area contributed by atoms with Gasteiger partial charge >= 0.3 is 5.97 Å². The first-order valence-corrected chi connectivity index (χ1v) is 7.33. The van der Waals surface area contributed by atoms with Crippen LogP contribution in [0.1, 0.15) is 15.4 Å². The lowest BCUT2D eigenvalue weighted by Gasteiger charge is -1.97. The van der Waals surface area contributed by atoms with Crippen LogP contribution in [-0.4, -0.2) is 25.8 Å². The highest BCUT2D eigenvalue weighted by Gasteiger charge is 2.09. The normalized spacial score (nSPS) is 10.7. The fourth-order valence-electron chi connectivity index (χ4n) is 1.84. The summed E-state index contributed by atoms with van der Waals surface area (Å²) in [6.07, 6.45) is 2.82. The molecule has 106 valence electrons. The van der Waals surface area contributed by atoms with Crippen LogP contribution in [0.5, 0.6) is 0 Å². The first-order valence-electron chi connectivity index (χ1n) is 6.08. The van der Waals surface area contributed by atoms with Crippen LogP contribution in [-0.2, 0) is 6.54 Å². The summed E-state index contributed by atoms with van der Waals surface area (Å²) < 4.78 is 1.56. The molecule has 1 aromatic carbocycles. The quantitative estimate of drug-likeness (QED) is 0.800. The van der Waals surface area contributed by atoms with Gasteiger partial charge in [-0.2, -0.15) is 5.10 Å². The zero-order chi connectivity index (χ0) is 14.8. The second kappa shape index (κ2) is 5.67. The van der Waals surface area contributed by atoms with Gasteiger partial charge in [0.2, 0.25) is 0 Å². The highest BCUT2D eigenvalue weighted by atomic mass is 35.5. The van der Waals surface area contributed by atoms with Gasteiger partial charge in [-0.3, -0.25) is 4.68 Å². The molecule has 0 aliphatic carbocycles. The molecule has 0 aliphatic rings. The predicted molar refractivity (Wildman–Crippen MR) is 80.8 cm³/mol. The second-order valence-electron chi connectivity index (χ2n) is 4.37. The van der Waals surface area contributed by atoms with Crippen molar-refractivity contribution in [1.82, 2.24) is 14.8 Å². The lowest BCUT2D eigenvalue weighted by molar-refractivity contribution is 0.0697. The van der Waals surface area contributed by atoms with E-state index < -0.39 is 5.97 Å². The summed E-state index contributed by atoms with van der Waals surface area (Å²) in [4.78, 5) is 15.3. The van der Waals surface area contributed by atoms with Crippen molar-refractivity contribution in [1.29, 1.82) is 0 Å². The van der Waals surface area contributed by atoms with Crippen LogP contribution in [0.3, 0.4) is 0 Å². The number of hydrogen-bond acceptors (Lipinski definition) is 4. The maximum atomic E-state index is 10.8. The van der Waals surface area contributed by atoms with Gasteiger partial charge in [-0.25, -0.2) is 9.78 Å². The standard InChI is InChI=1S/C14H10ClN3O2S/c15-11-3-1-9(2-4-11)12-8-21-13(17-12)7-18-6-10(5-16-18)14(19)20/h1-6,8H,7H2,(H,19,20). The number of thiazole rings is 1. The van der Waals surface area contributed by atoms with E-state index in [2.05, 4.69) is 10.1 Å². The maximum absolute atomic E-state index is 10.8. The number of carboxylic acid groups (broad SMARTS) is 1. The van der Waals surface area contributed by atoms with E-state index >= 15 is 0 Å². The van der Waals surface area contributed by atoms with E-state index in [1.807, 2.05) is 29.6 Å². The fraction of sp³-hybridized carbons (Fsp3) is 0.0714. The molecule has 3 rings (SSSR count). The van der Waals surface area contributed by atoms with E-state index in [-0.39, 0.29) is 5.56 Å². The Bertz CT molecular complexity index is 780. The van der Waals surface area contributed by atoms with Crippen LogP contribution in [0.4, 0.5) is 0 Å². The third-order valence-corrected chi connectivity index (χ3v) is 3.95. The van der Waals surface area contributed by atoms with Crippen LogP contribution in [0.15, 0.2) is 42.0 Å². The molecule has 0 unspecified atom stereocenters. The van der Waals surface area contributed by atoms with Crippen LogP contribution < -0.4 is 0 Å². The lowest BCUT2D eigenvalue weighted by atomic mass is 10.2. The SMILES string of the molecule is O=C(O)c1cnn(Cc2nc(-c3ccc(Cl)cc3)cs2)c1. The molecule has 2 heterocycles. The molecule has 21 heavy (non-hydrogen) atoms. The molecule has 2 aromatic heterocycles. The molecule has 0 spiro atoms. The number of benzene rings is 1. The number of rotatable bonds is 4. The third-order valence-electron chi connectivity index (χ3n) is 2.87.